The smallest absolute Gasteiger partial charge is 0.341 e. The van der Waals surface area contributed by atoms with Crippen LogP contribution in [0.5, 0.6) is 5.75 Å². The summed E-state index contributed by atoms with van der Waals surface area (Å²) in [5.74, 6) is -1.19. The summed E-state index contributed by atoms with van der Waals surface area (Å²) in [4.78, 5) is 42.4. The summed E-state index contributed by atoms with van der Waals surface area (Å²) in [6.45, 7) is 4.81. The maximum atomic E-state index is 13.6. The number of benzene rings is 2. The monoisotopic (exact) mass is 526 g/mol. The quantitative estimate of drug-likeness (QED) is 0.473. The largest absolute Gasteiger partial charge is 0.482 e. The molecule has 1 aromatic heterocycles. The van der Waals surface area contributed by atoms with Crippen molar-refractivity contribution in [2.24, 2.45) is 4.99 Å². The Morgan fingerprint density at radius 1 is 1.17 bits per heavy atom. The van der Waals surface area contributed by atoms with Crippen LogP contribution in [0.3, 0.4) is 0 Å². The lowest BCUT2D eigenvalue weighted by Gasteiger charge is -2.25. The maximum absolute atomic E-state index is 13.6. The number of allylic oxidation sites excluding steroid dienone is 1. The lowest BCUT2D eigenvalue weighted by molar-refractivity contribution is -0.143. The zero-order valence-electron chi connectivity index (χ0n) is 19.7. The molecule has 3 aromatic rings. The molecule has 1 unspecified atom stereocenters. The highest BCUT2D eigenvalue weighted by atomic mass is 35.5. The molecule has 0 saturated carbocycles. The molecule has 0 bridgehead atoms. The van der Waals surface area contributed by atoms with E-state index in [1.165, 1.54) is 15.9 Å². The normalized spacial score (nSPS) is 15.5. The second-order valence-electron chi connectivity index (χ2n) is 8.34. The highest BCUT2D eigenvalue weighted by molar-refractivity contribution is 7.07. The molecule has 1 aliphatic heterocycles. The van der Waals surface area contributed by atoms with Crippen LogP contribution in [-0.2, 0) is 14.3 Å². The first-order valence-corrected chi connectivity index (χ1v) is 12.3. The molecule has 0 fully saturated rings. The molecule has 10 heteroatoms. The summed E-state index contributed by atoms with van der Waals surface area (Å²) >= 11 is 7.30. The van der Waals surface area contributed by atoms with Gasteiger partial charge in [0, 0.05) is 5.02 Å². The van der Waals surface area contributed by atoms with Gasteiger partial charge in [0.15, 0.2) is 11.4 Å². The van der Waals surface area contributed by atoms with Crippen molar-refractivity contribution in [3.63, 3.8) is 0 Å². The number of halogens is 1. The van der Waals surface area contributed by atoms with E-state index in [4.69, 9.17) is 26.2 Å². The Bertz CT molecular complexity index is 1520. The Balaban J connectivity index is 1.81. The van der Waals surface area contributed by atoms with Crippen molar-refractivity contribution in [1.82, 2.24) is 4.57 Å². The van der Waals surface area contributed by atoms with Crippen molar-refractivity contribution < 1.29 is 24.2 Å². The van der Waals surface area contributed by atoms with Crippen molar-refractivity contribution in [2.45, 2.75) is 32.9 Å². The van der Waals surface area contributed by atoms with Crippen LogP contribution < -0.4 is 19.6 Å². The highest BCUT2D eigenvalue weighted by Gasteiger charge is 2.33. The highest BCUT2D eigenvalue weighted by Crippen LogP contribution is 2.31. The van der Waals surface area contributed by atoms with Gasteiger partial charge < -0.3 is 14.6 Å². The van der Waals surface area contributed by atoms with Crippen LogP contribution in [-0.4, -0.2) is 34.3 Å². The van der Waals surface area contributed by atoms with Crippen LogP contribution in [0, 0.1) is 0 Å². The molecule has 0 amide bonds. The zero-order chi connectivity index (χ0) is 26.0. The van der Waals surface area contributed by atoms with Gasteiger partial charge in [0.05, 0.1) is 27.9 Å². The third kappa shape index (κ3) is 5.42. The minimum Gasteiger partial charge on any atom is -0.482 e. The van der Waals surface area contributed by atoms with Gasteiger partial charge in [-0.05, 0) is 62.2 Å². The second-order valence-corrected chi connectivity index (χ2v) is 9.78. The summed E-state index contributed by atoms with van der Waals surface area (Å²) in [5.41, 5.74) is 1.91. The lowest BCUT2D eigenvalue weighted by atomic mass is 9.96. The number of hydrogen-bond donors (Lipinski definition) is 1. The van der Waals surface area contributed by atoms with Gasteiger partial charge in [-0.1, -0.05) is 47.2 Å². The number of thiazole rings is 1. The molecule has 2 aromatic carbocycles. The third-order valence-corrected chi connectivity index (χ3v) is 6.55. The standard InChI is InChI=1S/C26H23ClN2O6S/c1-14(2)35-25(33)22-15(3)28-26-29(23(22)17-6-8-18(27)9-7-17)24(32)20(36-26)12-16-4-10-19(11-5-16)34-13-21(30)31/h4-12,14,23H,13H2,1-3H3,(H,30,31)/b20-12+. The fraction of sp³-hybridized carbons (Fsp3) is 0.231. The van der Waals surface area contributed by atoms with E-state index >= 15 is 0 Å². The first kappa shape index (κ1) is 25.4. The van der Waals surface area contributed by atoms with Crippen molar-refractivity contribution in [3.8, 4) is 5.75 Å². The zero-order valence-corrected chi connectivity index (χ0v) is 21.3. The molecule has 2 heterocycles. The Morgan fingerprint density at radius 2 is 1.83 bits per heavy atom. The first-order chi connectivity index (χ1) is 17.1. The summed E-state index contributed by atoms with van der Waals surface area (Å²) in [6.07, 6.45) is 1.38. The molecule has 0 aliphatic carbocycles. The number of carbonyl (C=O) groups excluding carboxylic acids is 1. The number of aromatic nitrogens is 1. The maximum Gasteiger partial charge on any atom is 0.341 e. The van der Waals surface area contributed by atoms with E-state index in [2.05, 4.69) is 4.99 Å². The second kappa shape index (κ2) is 10.5. The van der Waals surface area contributed by atoms with Crippen molar-refractivity contribution in [3.05, 3.63) is 95.6 Å². The van der Waals surface area contributed by atoms with Gasteiger partial charge >= 0.3 is 11.9 Å². The van der Waals surface area contributed by atoms with Gasteiger partial charge in [-0.15, -0.1) is 0 Å². The van der Waals surface area contributed by atoms with Gasteiger partial charge in [-0.3, -0.25) is 9.36 Å². The van der Waals surface area contributed by atoms with E-state index in [9.17, 15) is 14.4 Å². The average molecular weight is 527 g/mol. The van der Waals surface area contributed by atoms with Gasteiger partial charge in [0.2, 0.25) is 0 Å². The van der Waals surface area contributed by atoms with Crippen LogP contribution in [0.2, 0.25) is 5.02 Å². The summed E-state index contributed by atoms with van der Waals surface area (Å²) in [6, 6.07) is 13.0. The number of aliphatic carboxylic acids is 1. The van der Waals surface area contributed by atoms with Crippen LogP contribution in [0.25, 0.3) is 6.08 Å². The number of ether oxygens (including phenoxy) is 2. The minimum absolute atomic E-state index is 0.296. The molecule has 0 spiro atoms. The Hall–Kier alpha value is -3.69. The van der Waals surface area contributed by atoms with E-state index in [1.807, 2.05) is 0 Å². The van der Waals surface area contributed by atoms with Crippen molar-refractivity contribution in [1.29, 1.82) is 0 Å². The Morgan fingerprint density at radius 3 is 2.44 bits per heavy atom. The van der Waals surface area contributed by atoms with E-state index in [1.54, 1.807) is 75.4 Å². The molecule has 8 nitrogen and oxygen atoms in total. The van der Waals surface area contributed by atoms with Crippen molar-refractivity contribution in [2.75, 3.05) is 6.61 Å². The number of rotatable bonds is 7. The summed E-state index contributed by atoms with van der Waals surface area (Å²) < 4.78 is 12.6. The van der Waals surface area contributed by atoms with Gasteiger partial charge in [0.25, 0.3) is 5.56 Å². The number of carboxylic acids is 1. The van der Waals surface area contributed by atoms with Crippen LogP contribution in [0.15, 0.2) is 69.6 Å². The third-order valence-electron chi connectivity index (χ3n) is 5.31. The van der Waals surface area contributed by atoms with Gasteiger partial charge in [-0.25, -0.2) is 14.6 Å². The predicted molar refractivity (Wildman–Crippen MR) is 136 cm³/mol. The van der Waals surface area contributed by atoms with Crippen LogP contribution in [0.1, 0.15) is 37.9 Å². The number of carboxylic acid groups (broad SMARTS) is 1. The Labute approximate surface area is 215 Å². The van der Waals surface area contributed by atoms with E-state index in [0.717, 1.165) is 5.56 Å². The van der Waals surface area contributed by atoms with Gasteiger partial charge in [-0.2, -0.15) is 0 Å². The van der Waals surface area contributed by atoms with Crippen LogP contribution >= 0.6 is 22.9 Å². The predicted octanol–water partition coefficient (Wildman–Crippen LogP) is 3.30. The Kier molecular flexibility index (Phi) is 7.42. The average Bonchev–Trinajstić information content (AvgIpc) is 3.12. The first-order valence-electron chi connectivity index (χ1n) is 11.1. The molecule has 1 N–H and O–H groups in total. The number of hydrogen-bond acceptors (Lipinski definition) is 7. The SMILES string of the molecule is CC1=C(C(=O)OC(C)C)C(c2ccc(Cl)cc2)n2c(s/c(=C/c3ccc(OCC(=O)O)cc3)c2=O)=N1. The molecule has 1 aliphatic rings. The number of carbonyl (C=O) groups is 2. The fourth-order valence-corrected chi connectivity index (χ4v) is 4.95. The number of esters is 1. The number of fused-ring (bicyclic) bond motifs is 1. The molecular formula is C26H23ClN2O6S. The lowest BCUT2D eigenvalue weighted by Crippen LogP contribution is -2.40. The number of nitrogens with zero attached hydrogens (tertiary/aromatic N) is 2. The minimum atomic E-state index is -1.07. The molecule has 4 rings (SSSR count). The molecule has 36 heavy (non-hydrogen) atoms. The fourth-order valence-electron chi connectivity index (χ4n) is 3.78. The summed E-state index contributed by atoms with van der Waals surface area (Å²) in [7, 11) is 0. The molecule has 1 atom stereocenters. The molecule has 0 saturated heterocycles. The van der Waals surface area contributed by atoms with E-state index in [-0.39, 0.29) is 11.7 Å². The molecule has 186 valence electrons. The topological polar surface area (TPSA) is 107 Å². The van der Waals surface area contributed by atoms with E-state index in [0.29, 0.717) is 36.9 Å². The molecular weight excluding hydrogens is 504 g/mol. The van der Waals surface area contributed by atoms with E-state index < -0.39 is 24.6 Å². The van der Waals surface area contributed by atoms with Crippen molar-refractivity contribution >= 4 is 41.0 Å². The summed E-state index contributed by atoms with van der Waals surface area (Å²) in [5, 5.41) is 9.29. The van der Waals surface area contributed by atoms with Gasteiger partial charge in [0.1, 0.15) is 5.75 Å². The molecule has 0 radical (unpaired) electrons. The van der Waals surface area contributed by atoms with Crippen LogP contribution in [0.4, 0.5) is 0 Å².